The lowest BCUT2D eigenvalue weighted by molar-refractivity contribution is -0.105. The molecule has 0 spiro atoms. The van der Waals surface area contributed by atoms with Gasteiger partial charge in [0.2, 0.25) is 0 Å². The van der Waals surface area contributed by atoms with Gasteiger partial charge in [-0.3, -0.25) is 9.59 Å². The third-order valence-corrected chi connectivity index (χ3v) is 1.41. The predicted octanol–water partition coefficient (Wildman–Crippen LogP) is 2.39. The Bertz CT molecular complexity index is 304. The first-order chi connectivity index (χ1) is 6.70. The van der Waals surface area contributed by atoms with Gasteiger partial charge in [0.1, 0.15) is 12.6 Å². The van der Waals surface area contributed by atoms with Gasteiger partial charge < -0.3 is 0 Å². The van der Waals surface area contributed by atoms with Crippen molar-refractivity contribution in [2.24, 2.45) is 0 Å². The minimum Gasteiger partial charge on any atom is -0.299 e. The van der Waals surface area contributed by atoms with E-state index >= 15 is 0 Å². The quantitative estimate of drug-likeness (QED) is 0.379. The predicted molar refractivity (Wildman–Crippen MR) is 57.9 cm³/mol. The van der Waals surface area contributed by atoms with E-state index in [4.69, 9.17) is 0 Å². The van der Waals surface area contributed by atoms with E-state index in [2.05, 4.69) is 0 Å². The summed E-state index contributed by atoms with van der Waals surface area (Å²) < 4.78 is 0. The summed E-state index contributed by atoms with van der Waals surface area (Å²) >= 11 is 0. The molecule has 0 saturated carbocycles. The number of aldehydes is 2. The van der Waals surface area contributed by atoms with E-state index in [0.29, 0.717) is 5.57 Å². The largest absolute Gasteiger partial charge is 0.299 e. The Morgan fingerprint density at radius 1 is 0.857 bits per heavy atom. The molecule has 0 N–H and O–H groups in total. The molecule has 0 aromatic heterocycles. The fraction of sp³-hybridized carbons (Fsp3) is 0.167. The van der Waals surface area contributed by atoms with Crippen molar-refractivity contribution in [3.05, 3.63) is 47.6 Å². The minimum atomic E-state index is 0.690. The molecule has 0 heterocycles. The Kier molecular flexibility index (Phi) is 6.96. The van der Waals surface area contributed by atoms with Gasteiger partial charge in [-0.25, -0.2) is 0 Å². The lowest BCUT2D eigenvalue weighted by Crippen LogP contribution is -1.76. The maximum atomic E-state index is 10.3. The van der Waals surface area contributed by atoms with Gasteiger partial charge in [-0.2, -0.15) is 0 Å². The van der Waals surface area contributed by atoms with Crippen molar-refractivity contribution in [2.45, 2.75) is 13.8 Å². The molecule has 0 saturated heterocycles. The Morgan fingerprint density at radius 2 is 1.50 bits per heavy atom. The van der Waals surface area contributed by atoms with E-state index in [1.165, 1.54) is 6.08 Å². The Balaban J connectivity index is 4.25. The van der Waals surface area contributed by atoms with Gasteiger partial charge >= 0.3 is 0 Å². The molecule has 2 nitrogen and oxygen atoms in total. The van der Waals surface area contributed by atoms with Crippen LogP contribution in [0.5, 0.6) is 0 Å². The summed E-state index contributed by atoms with van der Waals surface area (Å²) in [6.07, 6.45) is 11.8. The van der Waals surface area contributed by atoms with Crippen molar-refractivity contribution in [3.8, 4) is 0 Å². The van der Waals surface area contributed by atoms with E-state index in [1.807, 2.05) is 19.1 Å². The number of hydrogen-bond donors (Lipinski definition) is 0. The van der Waals surface area contributed by atoms with E-state index in [1.54, 1.807) is 25.2 Å². The summed E-state index contributed by atoms with van der Waals surface area (Å²) in [4.78, 5) is 20.2. The monoisotopic (exact) mass is 190 g/mol. The first-order valence-electron chi connectivity index (χ1n) is 4.29. The van der Waals surface area contributed by atoms with Crippen molar-refractivity contribution in [2.75, 3.05) is 0 Å². The molecule has 0 unspecified atom stereocenters. The molecule has 0 atom stereocenters. The molecule has 0 fully saturated rings. The number of carbonyl (C=O) groups is 2. The van der Waals surface area contributed by atoms with Gasteiger partial charge in [-0.1, -0.05) is 36.0 Å². The molecule has 0 aromatic rings. The number of rotatable bonds is 5. The van der Waals surface area contributed by atoms with Crippen LogP contribution >= 0.6 is 0 Å². The standard InChI is InChI=1S/C12H14O2/c1-11(9-12(2)10-14)7-5-3-4-6-8-13/h3-10H,1-2H3/b5-3+,6-4+,11-7+,12-9+. The number of allylic oxidation sites excluding steroid dienone is 8. The molecule has 74 valence electrons. The van der Waals surface area contributed by atoms with Crippen LogP contribution in [0.25, 0.3) is 0 Å². The summed E-state index contributed by atoms with van der Waals surface area (Å²) in [5.74, 6) is 0. The molecular formula is C12H14O2. The van der Waals surface area contributed by atoms with Crippen LogP contribution < -0.4 is 0 Å². The highest BCUT2D eigenvalue weighted by atomic mass is 16.1. The van der Waals surface area contributed by atoms with Crippen molar-refractivity contribution in [1.29, 1.82) is 0 Å². The van der Waals surface area contributed by atoms with Gasteiger partial charge in [0.05, 0.1) is 0 Å². The molecule has 0 amide bonds. The molecule has 14 heavy (non-hydrogen) atoms. The lowest BCUT2D eigenvalue weighted by Gasteiger charge is -1.89. The Morgan fingerprint density at radius 3 is 2.07 bits per heavy atom. The summed E-state index contributed by atoms with van der Waals surface area (Å²) in [5, 5.41) is 0. The average molecular weight is 190 g/mol. The second kappa shape index (κ2) is 7.92. The molecule has 0 aliphatic carbocycles. The fourth-order valence-electron chi connectivity index (χ4n) is 0.822. The van der Waals surface area contributed by atoms with E-state index in [9.17, 15) is 9.59 Å². The van der Waals surface area contributed by atoms with Gasteiger partial charge in [0.15, 0.2) is 0 Å². The highest BCUT2D eigenvalue weighted by molar-refractivity contribution is 5.73. The first-order valence-corrected chi connectivity index (χ1v) is 4.29. The van der Waals surface area contributed by atoms with Crippen LogP contribution in [0.4, 0.5) is 0 Å². The average Bonchev–Trinajstić information content (AvgIpc) is 2.17. The molecule has 0 aliphatic rings. The zero-order valence-electron chi connectivity index (χ0n) is 8.44. The molecule has 0 bridgehead atoms. The summed E-state index contributed by atoms with van der Waals surface area (Å²) in [6.45, 7) is 3.65. The third-order valence-electron chi connectivity index (χ3n) is 1.41. The van der Waals surface area contributed by atoms with Crippen molar-refractivity contribution in [1.82, 2.24) is 0 Å². The van der Waals surface area contributed by atoms with Crippen molar-refractivity contribution >= 4 is 12.6 Å². The maximum Gasteiger partial charge on any atom is 0.145 e. The second-order valence-electron chi connectivity index (χ2n) is 2.82. The molecule has 0 rings (SSSR count). The molecular weight excluding hydrogens is 176 g/mol. The van der Waals surface area contributed by atoms with Crippen LogP contribution in [0, 0.1) is 0 Å². The molecule has 0 radical (unpaired) electrons. The highest BCUT2D eigenvalue weighted by Crippen LogP contribution is 1.99. The normalized spacial score (nSPS) is 13.9. The summed E-state index contributed by atoms with van der Waals surface area (Å²) in [6, 6.07) is 0. The topological polar surface area (TPSA) is 34.1 Å². The SMILES string of the molecule is C\C(C=O)=C/C(C)=C/C=C/C=C/C=O. The summed E-state index contributed by atoms with van der Waals surface area (Å²) in [5.41, 5.74) is 1.68. The molecule has 0 aromatic carbocycles. The fourth-order valence-corrected chi connectivity index (χ4v) is 0.822. The van der Waals surface area contributed by atoms with Crippen LogP contribution in [-0.4, -0.2) is 12.6 Å². The lowest BCUT2D eigenvalue weighted by atomic mass is 10.2. The van der Waals surface area contributed by atoms with Gasteiger partial charge in [0.25, 0.3) is 0 Å². The zero-order chi connectivity index (χ0) is 10.8. The van der Waals surface area contributed by atoms with E-state index in [0.717, 1.165) is 18.1 Å². The van der Waals surface area contributed by atoms with Crippen LogP contribution in [0.3, 0.4) is 0 Å². The first kappa shape index (κ1) is 12.3. The van der Waals surface area contributed by atoms with Crippen LogP contribution in [0.15, 0.2) is 47.6 Å². The van der Waals surface area contributed by atoms with Gasteiger partial charge in [-0.05, 0) is 25.5 Å². The number of hydrogen-bond acceptors (Lipinski definition) is 2. The Labute approximate surface area is 84.3 Å². The second-order valence-corrected chi connectivity index (χ2v) is 2.82. The smallest absolute Gasteiger partial charge is 0.145 e. The van der Waals surface area contributed by atoms with E-state index in [-0.39, 0.29) is 0 Å². The molecule has 2 heteroatoms. The highest BCUT2D eigenvalue weighted by Gasteiger charge is 1.84. The van der Waals surface area contributed by atoms with Crippen molar-refractivity contribution in [3.63, 3.8) is 0 Å². The zero-order valence-corrected chi connectivity index (χ0v) is 8.44. The van der Waals surface area contributed by atoms with Gasteiger partial charge in [-0.15, -0.1) is 0 Å². The third kappa shape index (κ3) is 6.98. The van der Waals surface area contributed by atoms with E-state index < -0.39 is 0 Å². The van der Waals surface area contributed by atoms with Crippen LogP contribution in [-0.2, 0) is 9.59 Å². The molecule has 0 aliphatic heterocycles. The Hall–Kier alpha value is -1.70. The van der Waals surface area contributed by atoms with Crippen LogP contribution in [0.1, 0.15) is 13.8 Å². The van der Waals surface area contributed by atoms with Gasteiger partial charge in [0, 0.05) is 0 Å². The maximum absolute atomic E-state index is 10.3. The summed E-state index contributed by atoms with van der Waals surface area (Å²) in [7, 11) is 0. The number of carbonyl (C=O) groups excluding carboxylic acids is 2. The van der Waals surface area contributed by atoms with Crippen LogP contribution in [0.2, 0.25) is 0 Å². The van der Waals surface area contributed by atoms with Crippen molar-refractivity contribution < 1.29 is 9.59 Å². The minimum absolute atomic E-state index is 0.690.